The van der Waals surface area contributed by atoms with E-state index >= 15 is 0 Å². The van der Waals surface area contributed by atoms with Crippen LogP contribution in [0.15, 0.2) is 54.6 Å². The van der Waals surface area contributed by atoms with Crippen molar-refractivity contribution in [1.29, 1.82) is 0 Å². The van der Waals surface area contributed by atoms with Crippen LogP contribution in [0.2, 0.25) is 0 Å². The highest BCUT2D eigenvalue weighted by Gasteiger charge is 2.36. The summed E-state index contributed by atoms with van der Waals surface area (Å²) in [5.74, 6) is -1.49. The number of nitrogens with zero attached hydrogens (tertiary/aromatic N) is 1. The van der Waals surface area contributed by atoms with Crippen LogP contribution in [0.3, 0.4) is 0 Å². The number of rotatable bonds is 9. The lowest BCUT2D eigenvalue weighted by atomic mass is 9.84. The van der Waals surface area contributed by atoms with Crippen LogP contribution in [0, 0.1) is 11.7 Å². The molecule has 0 saturated carbocycles. The number of fused-ring (bicyclic) bond motifs is 1. The third-order valence-corrected chi connectivity index (χ3v) is 8.14. The topological polar surface area (TPSA) is 49.8 Å². The molecule has 5 rings (SSSR count). The summed E-state index contributed by atoms with van der Waals surface area (Å²) in [5.41, 5.74) is 2.77. The van der Waals surface area contributed by atoms with Crippen LogP contribution in [-0.2, 0) is 19.0 Å². The normalized spacial score (nSPS) is 15.8. The maximum absolute atomic E-state index is 14.2. The fourth-order valence-corrected chi connectivity index (χ4v) is 6.27. The summed E-state index contributed by atoms with van der Waals surface area (Å²) in [6.07, 6.45) is -2.31. The lowest BCUT2D eigenvalue weighted by molar-refractivity contribution is -0.138. The molecule has 1 aliphatic heterocycles. The second kappa shape index (κ2) is 13.5. The van der Waals surface area contributed by atoms with Gasteiger partial charge >= 0.3 is 12.1 Å². The molecule has 230 valence electrons. The number of carboxylic acid groups (broad SMARTS) is 1. The summed E-state index contributed by atoms with van der Waals surface area (Å²) >= 11 is 0. The molecule has 1 saturated heterocycles. The monoisotopic (exact) mass is 621 g/mol. The van der Waals surface area contributed by atoms with Crippen molar-refractivity contribution in [3.05, 3.63) is 99.4 Å². The number of benzene rings is 3. The molecule has 4 nitrogen and oxygen atoms in total. The Hall–Kier alpha value is -3.43. The van der Waals surface area contributed by atoms with Crippen LogP contribution >= 0.6 is 12.4 Å². The Kier molecular flexibility index (Phi) is 10.2. The average Bonchev–Trinajstić information content (AvgIpc) is 3.13. The molecular formula is C33H33ClF5NO3. The zero-order valence-corrected chi connectivity index (χ0v) is 24.5. The van der Waals surface area contributed by atoms with Gasteiger partial charge in [-0.1, -0.05) is 36.4 Å². The molecule has 0 amide bonds. The van der Waals surface area contributed by atoms with Crippen molar-refractivity contribution in [2.45, 2.75) is 38.3 Å². The number of methoxy groups -OCH3 is 1. The number of carbonyl (C=O) groups is 1. The van der Waals surface area contributed by atoms with Gasteiger partial charge in [0.25, 0.3) is 0 Å². The lowest BCUT2D eigenvalue weighted by Crippen LogP contribution is -2.47. The van der Waals surface area contributed by atoms with E-state index in [-0.39, 0.29) is 42.4 Å². The Morgan fingerprint density at radius 1 is 1.02 bits per heavy atom. The molecule has 3 aromatic carbocycles. The molecule has 0 bridgehead atoms. The van der Waals surface area contributed by atoms with Gasteiger partial charge in [-0.2, -0.15) is 13.2 Å². The molecule has 0 spiro atoms. The van der Waals surface area contributed by atoms with Crippen LogP contribution in [0.5, 0.6) is 5.75 Å². The van der Waals surface area contributed by atoms with E-state index < -0.39 is 23.5 Å². The van der Waals surface area contributed by atoms with E-state index in [4.69, 9.17) is 4.74 Å². The molecule has 3 aromatic rings. The first kappa shape index (κ1) is 32.5. The van der Waals surface area contributed by atoms with Gasteiger partial charge in [0, 0.05) is 25.2 Å². The number of allylic oxidation sites excluding steroid dienone is 1. The van der Waals surface area contributed by atoms with E-state index in [1.54, 1.807) is 6.07 Å². The van der Waals surface area contributed by atoms with E-state index in [1.165, 1.54) is 19.2 Å². The molecule has 2 aliphatic rings. The molecular weight excluding hydrogens is 589 g/mol. The van der Waals surface area contributed by atoms with Gasteiger partial charge < -0.3 is 14.7 Å². The van der Waals surface area contributed by atoms with Crippen molar-refractivity contribution >= 4 is 29.5 Å². The number of carboxylic acids is 1. The summed E-state index contributed by atoms with van der Waals surface area (Å²) < 4.78 is 74.6. The number of likely N-dealkylation sites (tertiary alicyclic amines) is 1. The van der Waals surface area contributed by atoms with E-state index in [0.717, 1.165) is 37.7 Å². The second-order valence-electron chi connectivity index (χ2n) is 10.9. The van der Waals surface area contributed by atoms with E-state index in [0.29, 0.717) is 59.1 Å². The number of aromatic carboxylic acids is 1. The number of halogens is 6. The molecule has 1 aliphatic carbocycles. The Balaban J connectivity index is 0.00000423. The second-order valence-corrected chi connectivity index (χ2v) is 10.9. The minimum Gasteiger partial charge on any atom is -0.496 e. The molecule has 10 heteroatoms. The Morgan fingerprint density at radius 3 is 2.35 bits per heavy atom. The van der Waals surface area contributed by atoms with Gasteiger partial charge in [0.05, 0.1) is 19.3 Å². The Morgan fingerprint density at radius 2 is 1.72 bits per heavy atom. The maximum atomic E-state index is 14.2. The Bertz CT molecular complexity index is 1500. The van der Waals surface area contributed by atoms with E-state index in [9.17, 15) is 31.9 Å². The van der Waals surface area contributed by atoms with Crippen molar-refractivity contribution in [2.75, 3.05) is 33.4 Å². The fraction of sp³-hybridized carbons (Fsp3) is 0.364. The van der Waals surface area contributed by atoms with Gasteiger partial charge in [-0.05, 0) is 89.6 Å². The summed E-state index contributed by atoms with van der Waals surface area (Å²) in [7, 11) is 1.38. The fourth-order valence-electron chi connectivity index (χ4n) is 6.27. The standard InChI is InChI=1S/C33H32F5NO3.ClH/c1-42-31-27-5-2-4-25(24-11-10-23(35)17-29(24)33(36,37)38)30(26(27)12-13-28(31)32(40)41)22-8-6-20(7-9-22)16-21-18-39(19-21)15-3-14-34;/h6-13,17,21H,2-5,14-16,18-19H2,1H3,(H,40,41);1H. The molecule has 0 aromatic heterocycles. The SMILES string of the molecule is COc1c(C(=O)O)ccc2c1CCCC(c1ccc(F)cc1C(F)(F)F)=C2c1ccc(CC2CN(CCCF)C2)cc1.Cl. The largest absolute Gasteiger partial charge is 0.496 e. The molecule has 0 radical (unpaired) electrons. The van der Waals surface area contributed by atoms with Gasteiger partial charge in [0.15, 0.2) is 0 Å². The predicted molar refractivity (Wildman–Crippen MR) is 158 cm³/mol. The quantitative estimate of drug-likeness (QED) is 0.245. The first-order chi connectivity index (χ1) is 20.1. The average molecular weight is 622 g/mol. The van der Waals surface area contributed by atoms with Crippen molar-refractivity contribution in [1.82, 2.24) is 4.90 Å². The number of hydrogen-bond donors (Lipinski definition) is 1. The molecule has 1 fully saturated rings. The Labute approximate surface area is 253 Å². The van der Waals surface area contributed by atoms with Crippen molar-refractivity contribution in [2.24, 2.45) is 5.92 Å². The summed E-state index contributed by atoms with van der Waals surface area (Å²) in [4.78, 5) is 14.2. The number of hydrogen-bond acceptors (Lipinski definition) is 3. The number of ether oxygens (including phenoxy) is 1. The highest BCUT2D eigenvalue weighted by atomic mass is 35.5. The third kappa shape index (κ3) is 6.88. The van der Waals surface area contributed by atoms with Crippen LogP contribution < -0.4 is 4.74 Å². The maximum Gasteiger partial charge on any atom is 0.417 e. The highest BCUT2D eigenvalue weighted by molar-refractivity contribution is 6.02. The highest BCUT2D eigenvalue weighted by Crippen LogP contribution is 2.46. The zero-order valence-electron chi connectivity index (χ0n) is 23.6. The predicted octanol–water partition coefficient (Wildman–Crippen LogP) is 8.10. The van der Waals surface area contributed by atoms with Gasteiger partial charge in [-0.3, -0.25) is 4.39 Å². The molecule has 43 heavy (non-hydrogen) atoms. The van der Waals surface area contributed by atoms with Crippen LogP contribution in [0.25, 0.3) is 11.1 Å². The van der Waals surface area contributed by atoms with Crippen molar-refractivity contribution in [3.63, 3.8) is 0 Å². The first-order valence-electron chi connectivity index (χ1n) is 14.0. The van der Waals surface area contributed by atoms with Crippen molar-refractivity contribution < 1.29 is 36.6 Å². The molecule has 1 N–H and O–H groups in total. The summed E-state index contributed by atoms with van der Waals surface area (Å²) in [6, 6.07) is 13.5. The third-order valence-electron chi connectivity index (χ3n) is 8.14. The summed E-state index contributed by atoms with van der Waals surface area (Å²) in [6.45, 7) is 2.23. The lowest BCUT2D eigenvalue weighted by Gasteiger charge is -2.39. The van der Waals surface area contributed by atoms with Crippen molar-refractivity contribution in [3.8, 4) is 5.75 Å². The van der Waals surface area contributed by atoms with Crippen LogP contribution in [0.4, 0.5) is 22.0 Å². The van der Waals surface area contributed by atoms with Crippen LogP contribution in [-0.4, -0.2) is 49.4 Å². The molecule has 1 heterocycles. The van der Waals surface area contributed by atoms with Gasteiger partial charge in [-0.15, -0.1) is 12.4 Å². The molecule has 0 unspecified atom stereocenters. The van der Waals surface area contributed by atoms with E-state index in [2.05, 4.69) is 4.90 Å². The zero-order chi connectivity index (χ0) is 30.0. The van der Waals surface area contributed by atoms with E-state index in [1.807, 2.05) is 24.3 Å². The van der Waals surface area contributed by atoms with Gasteiger partial charge in [0.2, 0.25) is 0 Å². The molecule has 0 atom stereocenters. The minimum absolute atomic E-state index is 0. The van der Waals surface area contributed by atoms with Crippen LogP contribution in [0.1, 0.15) is 63.0 Å². The summed E-state index contributed by atoms with van der Waals surface area (Å²) in [5, 5.41) is 9.75. The van der Waals surface area contributed by atoms with Gasteiger partial charge in [0.1, 0.15) is 17.1 Å². The minimum atomic E-state index is -4.78. The van der Waals surface area contributed by atoms with Gasteiger partial charge in [-0.25, -0.2) is 9.18 Å². The first-order valence-corrected chi connectivity index (χ1v) is 14.0. The number of alkyl halides is 4. The smallest absolute Gasteiger partial charge is 0.417 e.